The highest BCUT2D eigenvalue weighted by Crippen LogP contribution is 2.33. The Balaban J connectivity index is 1.14. The van der Waals surface area contributed by atoms with Crippen LogP contribution in [0, 0.1) is 0 Å². The third-order valence-electron chi connectivity index (χ3n) is 8.50. The molecule has 0 saturated carbocycles. The minimum atomic E-state index is -0.184. The standard InChI is InChI=1S/C36H39N5O2/c1-38-22-24-39(25-23-38)26-27-40-20-9-21-41(34-15-8-7-14-33(34)40)36(43)29-16-18-30(19-17-29)37-35(42)32-13-6-5-12-31(32)28-10-3-2-4-11-28/h2-8,10-19H,9,20-27H2,1H3,(H,37,42). The summed E-state index contributed by atoms with van der Waals surface area (Å²) < 4.78 is 0. The van der Waals surface area contributed by atoms with Gasteiger partial charge in [-0.05, 0) is 67.1 Å². The van der Waals surface area contributed by atoms with E-state index in [2.05, 4.69) is 45.3 Å². The Bertz CT molecular complexity index is 1550. The van der Waals surface area contributed by atoms with Gasteiger partial charge in [-0.1, -0.05) is 60.7 Å². The van der Waals surface area contributed by atoms with Crippen LogP contribution < -0.4 is 15.1 Å². The first-order valence-corrected chi connectivity index (χ1v) is 15.2. The number of amides is 2. The smallest absolute Gasteiger partial charge is 0.258 e. The van der Waals surface area contributed by atoms with E-state index in [0.717, 1.165) is 74.7 Å². The predicted molar refractivity (Wildman–Crippen MR) is 175 cm³/mol. The van der Waals surface area contributed by atoms with Crippen molar-refractivity contribution in [2.24, 2.45) is 0 Å². The molecule has 2 aliphatic heterocycles. The Kier molecular flexibility index (Phi) is 8.82. The fraction of sp³-hybridized carbons (Fsp3) is 0.278. The van der Waals surface area contributed by atoms with Gasteiger partial charge >= 0.3 is 0 Å². The maximum Gasteiger partial charge on any atom is 0.258 e. The van der Waals surface area contributed by atoms with Gasteiger partial charge in [0.1, 0.15) is 0 Å². The second kappa shape index (κ2) is 13.2. The quantitative estimate of drug-likeness (QED) is 0.307. The normalized spacial score (nSPS) is 15.9. The van der Waals surface area contributed by atoms with Gasteiger partial charge in [0, 0.05) is 69.2 Å². The second-order valence-corrected chi connectivity index (χ2v) is 11.4. The molecule has 2 aliphatic rings. The van der Waals surface area contributed by atoms with E-state index in [1.54, 1.807) is 12.1 Å². The molecule has 4 aromatic rings. The maximum absolute atomic E-state index is 13.8. The number of carbonyl (C=O) groups excluding carboxylic acids is 2. The summed E-state index contributed by atoms with van der Waals surface area (Å²) in [6.45, 7) is 7.99. The van der Waals surface area contributed by atoms with Crippen LogP contribution in [0.4, 0.5) is 17.1 Å². The van der Waals surface area contributed by atoms with Gasteiger partial charge in [-0.15, -0.1) is 0 Å². The van der Waals surface area contributed by atoms with Crippen LogP contribution in [-0.4, -0.2) is 81.0 Å². The van der Waals surface area contributed by atoms with Crippen LogP contribution in [0.1, 0.15) is 27.1 Å². The zero-order valence-corrected chi connectivity index (χ0v) is 24.8. The van der Waals surface area contributed by atoms with Crippen LogP contribution in [0.5, 0.6) is 0 Å². The summed E-state index contributed by atoms with van der Waals surface area (Å²) in [4.78, 5) is 36.3. The molecule has 0 atom stereocenters. The fourth-order valence-electron chi connectivity index (χ4n) is 6.00. The van der Waals surface area contributed by atoms with Gasteiger partial charge in [0.05, 0.1) is 11.4 Å². The topological polar surface area (TPSA) is 59.1 Å². The molecule has 43 heavy (non-hydrogen) atoms. The lowest BCUT2D eigenvalue weighted by molar-refractivity contribution is 0.0986. The van der Waals surface area contributed by atoms with Crippen molar-refractivity contribution < 1.29 is 9.59 Å². The number of anilines is 3. The summed E-state index contributed by atoms with van der Waals surface area (Å²) in [5.74, 6) is -0.211. The van der Waals surface area contributed by atoms with Gasteiger partial charge < -0.3 is 20.0 Å². The number of hydrogen-bond donors (Lipinski definition) is 1. The molecular formula is C36H39N5O2. The van der Waals surface area contributed by atoms with Crippen LogP contribution in [0.3, 0.4) is 0 Å². The van der Waals surface area contributed by atoms with Crippen LogP contribution in [0.25, 0.3) is 11.1 Å². The van der Waals surface area contributed by atoms with Crippen molar-refractivity contribution in [3.8, 4) is 11.1 Å². The highest BCUT2D eigenvalue weighted by Gasteiger charge is 2.26. The van der Waals surface area contributed by atoms with Gasteiger partial charge in [0.25, 0.3) is 11.8 Å². The molecule has 0 radical (unpaired) electrons. The number of hydrogen-bond acceptors (Lipinski definition) is 5. The third-order valence-corrected chi connectivity index (χ3v) is 8.50. The van der Waals surface area contributed by atoms with Crippen molar-refractivity contribution in [1.29, 1.82) is 0 Å². The third kappa shape index (κ3) is 6.63. The molecule has 0 bridgehead atoms. The number of nitrogens with one attached hydrogen (secondary N) is 1. The van der Waals surface area contributed by atoms with E-state index in [9.17, 15) is 9.59 Å². The van der Waals surface area contributed by atoms with E-state index in [1.165, 1.54) is 0 Å². The zero-order valence-electron chi connectivity index (χ0n) is 24.8. The van der Waals surface area contributed by atoms with E-state index in [4.69, 9.17) is 0 Å². The fourth-order valence-corrected chi connectivity index (χ4v) is 6.00. The Morgan fingerprint density at radius 2 is 1.35 bits per heavy atom. The molecule has 1 N–H and O–H groups in total. The van der Waals surface area contributed by atoms with Gasteiger partial charge in [-0.25, -0.2) is 0 Å². The molecule has 0 spiro atoms. The number of para-hydroxylation sites is 2. The van der Waals surface area contributed by atoms with Crippen molar-refractivity contribution in [2.45, 2.75) is 6.42 Å². The molecule has 7 nitrogen and oxygen atoms in total. The van der Waals surface area contributed by atoms with Crippen molar-refractivity contribution in [2.75, 3.05) is 74.5 Å². The second-order valence-electron chi connectivity index (χ2n) is 11.4. The van der Waals surface area contributed by atoms with Crippen LogP contribution in [0.2, 0.25) is 0 Å². The van der Waals surface area contributed by atoms with E-state index < -0.39 is 0 Å². The molecule has 6 rings (SSSR count). The van der Waals surface area contributed by atoms with Crippen LogP contribution in [-0.2, 0) is 0 Å². The van der Waals surface area contributed by atoms with Crippen molar-refractivity contribution in [3.63, 3.8) is 0 Å². The Labute approximate surface area is 254 Å². The summed E-state index contributed by atoms with van der Waals surface area (Å²) in [5, 5.41) is 3.01. The van der Waals surface area contributed by atoms with E-state index in [1.807, 2.05) is 77.7 Å². The molecule has 2 amide bonds. The summed E-state index contributed by atoms with van der Waals surface area (Å²) in [6, 6.07) is 33.0. The van der Waals surface area contributed by atoms with Crippen molar-refractivity contribution in [3.05, 3.63) is 114 Å². The first-order valence-electron chi connectivity index (χ1n) is 15.2. The summed E-state index contributed by atoms with van der Waals surface area (Å²) in [7, 11) is 2.18. The molecule has 7 heteroatoms. The van der Waals surface area contributed by atoms with Gasteiger partial charge in [0.15, 0.2) is 0 Å². The Morgan fingerprint density at radius 3 is 2.12 bits per heavy atom. The molecule has 2 heterocycles. The molecular weight excluding hydrogens is 534 g/mol. The van der Waals surface area contributed by atoms with Gasteiger partial charge in [-0.3, -0.25) is 14.5 Å². The number of nitrogens with zero attached hydrogens (tertiary/aromatic N) is 4. The van der Waals surface area contributed by atoms with Gasteiger partial charge in [0.2, 0.25) is 0 Å². The van der Waals surface area contributed by atoms with E-state index in [-0.39, 0.29) is 11.8 Å². The monoisotopic (exact) mass is 573 g/mol. The van der Waals surface area contributed by atoms with Gasteiger partial charge in [-0.2, -0.15) is 0 Å². The van der Waals surface area contributed by atoms with Crippen LogP contribution in [0.15, 0.2) is 103 Å². The number of piperazine rings is 1. The van der Waals surface area contributed by atoms with Crippen LogP contribution >= 0.6 is 0 Å². The first kappa shape index (κ1) is 28.6. The van der Waals surface area contributed by atoms with E-state index >= 15 is 0 Å². The first-order chi connectivity index (χ1) is 21.1. The Morgan fingerprint density at radius 1 is 0.674 bits per heavy atom. The lowest BCUT2D eigenvalue weighted by Crippen LogP contribution is -2.47. The molecule has 0 aromatic heterocycles. The summed E-state index contributed by atoms with van der Waals surface area (Å²) in [5.41, 5.74) is 5.79. The minimum absolute atomic E-state index is 0.0272. The highest BCUT2D eigenvalue weighted by molar-refractivity contribution is 6.10. The summed E-state index contributed by atoms with van der Waals surface area (Å²) in [6.07, 6.45) is 0.901. The molecule has 220 valence electrons. The SMILES string of the molecule is CN1CCN(CCN2CCCN(C(=O)c3ccc(NC(=O)c4ccccc4-c4ccccc4)cc3)c3ccccc32)CC1. The average molecular weight is 574 g/mol. The van der Waals surface area contributed by atoms with Crippen molar-refractivity contribution in [1.82, 2.24) is 9.80 Å². The minimum Gasteiger partial charge on any atom is -0.368 e. The number of benzene rings is 4. The number of carbonyl (C=O) groups is 2. The molecule has 1 fully saturated rings. The number of rotatable bonds is 7. The lowest BCUT2D eigenvalue weighted by atomic mass is 9.99. The molecule has 1 saturated heterocycles. The predicted octanol–water partition coefficient (Wildman–Crippen LogP) is 5.71. The largest absolute Gasteiger partial charge is 0.368 e. The highest BCUT2D eigenvalue weighted by atomic mass is 16.2. The lowest BCUT2D eigenvalue weighted by Gasteiger charge is -2.34. The zero-order chi connectivity index (χ0) is 29.6. The molecule has 0 aliphatic carbocycles. The van der Waals surface area contributed by atoms with E-state index in [0.29, 0.717) is 23.4 Å². The number of likely N-dealkylation sites (N-methyl/N-ethyl adjacent to an activating group) is 1. The maximum atomic E-state index is 13.8. The van der Waals surface area contributed by atoms with Crippen molar-refractivity contribution >= 4 is 28.9 Å². The average Bonchev–Trinajstić information content (AvgIpc) is 3.24. The number of fused-ring (bicyclic) bond motifs is 1. The Hall–Kier alpha value is -4.46. The molecule has 0 unspecified atom stereocenters. The molecule has 4 aromatic carbocycles. The summed E-state index contributed by atoms with van der Waals surface area (Å²) >= 11 is 0.